The lowest BCUT2D eigenvalue weighted by Gasteiger charge is -2.16. The molecule has 0 bridgehead atoms. The van der Waals surface area contributed by atoms with E-state index in [2.05, 4.69) is 4.98 Å². The van der Waals surface area contributed by atoms with Gasteiger partial charge in [0.2, 0.25) is 0 Å². The molecule has 3 aromatic rings. The Balaban J connectivity index is 1.66. The first-order valence-electron chi connectivity index (χ1n) is 8.50. The summed E-state index contributed by atoms with van der Waals surface area (Å²) in [5.74, 6) is 0.883. The number of nitrogens with zero attached hydrogens (tertiary/aromatic N) is 1. The van der Waals surface area contributed by atoms with E-state index >= 15 is 0 Å². The highest BCUT2D eigenvalue weighted by Crippen LogP contribution is 2.28. The minimum atomic E-state index is -0.328. The van der Waals surface area contributed by atoms with Gasteiger partial charge >= 0.3 is 0 Å². The molecule has 1 amide bonds. The van der Waals surface area contributed by atoms with Crippen molar-refractivity contribution in [2.75, 3.05) is 13.1 Å². The van der Waals surface area contributed by atoms with Crippen molar-refractivity contribution in [1.82, 2.24) is 9.88 Å². The number of benzene rings is 1. The maximum absolute atomic E-state index is 12.9. The molecule has 4 rings (SSSR count). The number of carbonyl (C=O) groups excluding carboxylic acids is 1. The maximum atomic E-state index is 12.9. The second-order valence-corrected chi connectivity index (χ2v) is 6.81. The Hall–Kier alpha value is -2.82. The van der Waals surface area contributed by atoms with Crippen molar-refractivity contribution in [3.8, 4) is 0 Å². The predicted molar refractivity (Wildman–Crippen MR) is 96.0 cm³/mol. The van der Waals surface area contributed by atoms with E-state index in [1.165, 1.54) is 0 Å². The number of amides is 1. The summed E-state index contributed by atoms with van der Waals surface area (Å²) in [6.45, 7) is 5.18. The van der Waals surface area contributed by atoms with Crippen LogP contribution < -0.4 is 5.56 Å². The fourth-order valence-electron chi connectivity index (χ4n) is 3.72. The van der Waals surface area contributed by atoms with E-state index in [1.54, 1.807) is 17.2 Å². The smallest absolute Gasteiger partial charge is 0.261 e. The Morgan fingerprint density at radius 2 is 2.12 bits per heavy atom. The Bertz CT molecular complexity index is 1000. The highest BCUT2D eigenvalue weighted by molar-refractivity contribution is 5.98. The van der Waals surface area contributed by atoms with Crippen molar-refractivity contribution in [3.63, 3.8) is 0 Å². The van der Waals surface area contributed by atoms with Crippen LogP contribution in [0.4, 0.5) is 0 Å². The van der Waals surface area contributed by atoms with Gasteiger partial charge in [0.15, 0.2) is 0 Å². The van der Waals surface area contributed by atoms with Crippen LogP contribution in [-0.4, -0.2) is 28.9 Å². The van der Waals surface area contributed by atoms with Crippen LogP contribution in [-0.2, 0) is 0 Å². The van der Waals surface area contributed by atoms with Crippen molar-refractivity contribution in [1.29, 1.82) is 0 Å². The lowest BCUT2D eigenvalue weighted by Crippen LogP contribution is -2.33. The van der Waals surface area contributed by atoms with Gasteiger partial charge in [0.05, 0.1) is 11.8 Å². The molecule has 1 fully saturated rings. The molecule has 25 heavy (non-hydrogen) atoms. The lowest BCUT2D eigenvalue weighted by molar-refractivity contribution is 0.0788. The van der Waals surface area contributed by atoms with Gasteiger partial charge in [-0.15, -0.1) is 0 Å². The molecule has 5 heteroatoms. The van der Waals surface area contributed by atoms with Crippen LogP contribution in [0.3, 0.4) is 0 Å². The van der Waals surface area contributed by atoms with Gasteiger partial charge in [0, 0.05) is 19.0 Å². The topological polar surface area (TPSA) is 66.3 Å². The summed E-state index contributed by atoms with van der Waals surface area (Å²) in [4.78, 5) is 29.9. The number of rotatable bonds is 2. The lowest BCUT2D eigenvalue weighted by atomic mass is 10.0. The fourth-order valence-corrected chi connectivity index (χ4v) is 3.72. The summed E-state index contributed by atoms with van der Waals surface area (Å²) in [6, 6.07) is 9.53. The number of nitrogens with one attached hydrogen (secondary N) is 1. The van der Waals surface area contributed by atoms with E-state index in [0.29, 0.717) is 13.1 Å². The van der Waals surface area contributed by atoms with E-state index in [0.717, 1.165) is 34.2 Å². The van der Waals surface area contributed by atoms with Crippen LogP contribution >= 0.6 is 0 Å². The number of aromatic amines is 1. The molecule has 1 N–H and O–H groups in total. The number of aryl methyl sites for hydroxylation is 2. The number of hydrogen-bond donors (Lipinski definition) is 1. The number of likely N-dealkylation sites (tertiary alicyclic amines) is 1. The molecule has 1 saturated heterocycles. The summed E-state index contributed by atoms with van der Waals surface area (Å²) in [6.07, 6.45) is 2.50. The first kappa shape index (κ1) is 15.7. The number of pyridine rings is 1. The van der Waals surface area contributed by atoms with Gasteiger partial charge in [0.1, 0.15) is 11.3 Å². The zero-order valence-electron chi connectivity index (χ0n) is 14.3. The first-order chi connectivity index (χ1) is 12.0. The molecule has 0 aliphatic carbocycles. The molecule has 1 aliphatic rings. The van der Waals surface area contributed by atoms with Crippen molar-refractivity contribution in [3.05, 3.63) is 69.4 Å². The SMILES string of the molecule is Cc1cc(C)c2[nH]c(=O)c(C(=O)N3CCC(c4ccco4)C3)cc2c1. The van der Waals surface area contributed by atoms with Gasteiger partial charge < -0.3 is 14.3 Å². The number of fused-ring (bicyclic) bond motifs is 1. The van der Waals surface area contributed by atoms with Gasteiger partial charge in [-0.05, 0) is 55.5 Å². The normalized spacial score (nSPS) is 17.4. The molecule has 1 atom stereocenters. The third-order valence-electron chi connectivity index (χ3n) is 4.94. The molecule has 1 unspecified atom stereocenters. The van der Waals surface area contributed by atoms with Crippen molar-refractivity contribution < 1.29 is 9.21 Å². The van der Waals surface area contributed by atoms with E-state index in [1.807, 2.05) is 38.1 Å². The van der Waals surface area contributed by atoms with Crippen LogP contribution in [0.25, 0.3) is 10.9 Å². The van der Waals surface area contributed by atoms with Crippen LogP contribution in [0, 0.1) is 13.8 Å². The maximum Gasteiger partial charge on any atom is 0.261 e. The van der Waals surface area contributed by atoms with Gasteiger partial charge in [-0.2, -0.15) is 0 Å². The summed E-state index contributed by atoms with van der Waals surface area (Å²) in [5, 5.41) is 0.891. The number of furan rings is 1. The van der Waals surface area contributed by atoms with E-state index in [9.17, 15) is 9.59 Å². The molecule has 1 aromatic carbocycles. The van der Waals surface area contributed by atoms with Crippen molar-refractivity contribution in [2.24, 2.45) is 0 Å². The largest absolute Gasteiger partial charge is 0.469 e. The number of hydrogen-bond acceptors (Lipinski definition) is 3. The summed E-state index contributed by atoms with van der Waals surface area (Å²) < 4.78 is 5.45. The first-order valence-corrected chi connectivity index (χ1v) is 8.50. The Labute approximate surface area is 145 Å². The fraction of sp³-hybridized carbons (Fsp3) is 0.300. The molecule has 2 aromatic heterocycles. The van der Waals surface area contributed by atoms with Gasteiger partial charge in [-0.25, -0.2) is 0 Å². The minimum Gasteiger partial charge on any atom is -0.469 e. The number of aromatic nitrogens is 1. The predicted octanol–water partition coefficient (Wildman–Crippen LogP) is 3.37. The van der Waals surface area contributed by atoms with Gasteiger partial charge in [0.25, 0.3) is 11.5 Å². The molecule has 5 nitrogen and oxygen atoms in total. The molecule has 0 spiro atoms. The Morgan fingerprint density at radius 1 is 1.28 bits per heavy atom. The van der Waals surface area contributed by atoms with Crippen LogP contribution in [0.15, 0.2) is 45.8 Å². The minimum absolute atomic E-state index is 0.197. The standard InChI is InChI=1S/C20H20N2O3/c1-12-8-13(2)18-15(9-12)10-16(19(23)21-18)20(24)22-6-5-14(11-22)17-4-3-7-25-17/h3-4,7-10,14H,5-6,11H2,1-2H3,(H,21,23). The highest BCUT2D eigenvalue weighted by atomic mass is 16.3. The van der Waals surface area contributed by atoms with E-state index < -0.39 is 0 Å². The molecule has 128 valence electrons. The number of carbonyl (C=O) groups is 1. The van der Waals surface area contributed by atoms with Crippen LogP contribution in [0.1, 0.15) is 39.6 Å². The zero-order chi connectivity index (χ0) is 17.6. The monoisotopic (exact) mass is 336 g/mol. The zero-order valence-corrected chi connectivity index (χ0v) is 14.3. The van der Waals surface area contributed by atoms with E-state index in [-0.39, 0.29) is 22.9 Å². The average Bonchev–Trinajstić information content (AvgIpc) is 3.25. The quantitative estimate of drug-likeness (QED) is 0.780. The van der Waals surface area contributed by atoms with Gasteiger partial charge in [-0.3, -0.25) is 9.59 Å². The highest BCUT2D eigenvalue weighted by Gasteiger charge is 2.30. The Kier molecular flexibility index (Phi) is 3.71. The second-order valence-electron chi connectivity index (χ2n) is 6.81. The average molecular weight is 336 g/mol. The molecule has 1 aliphatic heterocycles. The van der Waals surface area contributed by atoms with Crippen molar-refractivity contribution in [2.45, 2.75) is 26.2 Å². The van der Waals surface area contributed by atoms with Gasteiger partial charge in [-0.1, -0.05) is 11.6 Å². The Morgan fingerprint density at radius 3 is 2.88 bits per heavy atom. The van der Waals surface area contributed by atoms with Crippen LogP contribution in [0.5, 0.6) is 0 Å². The third kappa shape index (κ3) is 2.76. The van der Waals surface area contributed by atoms with E-state index in [4.69, 9.17) is 4.42 Å². The molecular weight excluding hydrogens is 316 g/mol. The van der Waals surface area contributed by atoms with Crippen molar-refractivity contribution >= 4 is 16.8 Å². The summed E-state index contributed by atoms with van der Waals surface area (Å²) >= 11 is 0. The second kappa shape index (κ2) is 5.92. The van der Waals surface area contributed by atoms with Crippen LogP contribution in [0.2, 0.25) is 0 Å². The third-order valence-corrected chi connectivity index (χ3v) is 4.94. The molecule has 0 saturated carbocycles. The molecule has 0 radical (unpaired) electrons. The summed E-state index contributed by atoms with van der Waals surface area (Å²) in [5.41, 5.74) is 2.78. The summed E-state index contributed by atoms with van der Waals surface area (Å²) in [7, 11) is 0. The number of H-pyrrole nitrogens is 1. The molecular formula is C20H20N2O3. The molecule has 3 heterocycles.